The van der Waals surface area contributed by atoms with Gasteiger partial charge in [0.2, 0.25) is 5.91 Å². The van der Waals surface area contributed by atoms with Gasteiger partial charge in [0.25, 0.3) is 5.91 Å². The third kappa shape index (κ3) is 5.61. The topological polar surface area (TPSA) is 95.9 Å². The third-order valence-electron chi connectivity index (χ3n) is 3.22. The van der Waals surface area contributed by atoms with Crippen molar-refractivity contribution < 1.29 is 24.2 Å². The van der Waals surface area contributed by atoms with E-state index in [1.165, 1.54) is 18.7 Å². The molecule has 0 fully saturated rings. The lowest BCUT2D eigenvalue weighted by molar-refractivity contribution is -0.141. The standard InChI is InChI=1S/C16H22N2O5/c1-4-23-14-7-5-13(6-8-14)15(20)18(11(2)16(21)22)10-9-17-12(3)19/h5-8,11H,4,9-10H2,1-3H3,(H,17,19)(H,21,22). The van der Waals surface area contributed by atoms with Gasteiger partial charge in [0.05, 0.1) is 6.61 Å². The molecule has 0 aliphatic heterocycles. The summed E-state index contributed by atoms with van der Waals surface area (Å²) in [6, 6.07) is 5.51. The van der Waals surface area contributed by atoms with Crippen LogP contribution in [0.5, 0.6) is 5.75 Å². The van der Waals surface area contributed by atoms with Crippen LogP contribution in [0.3, 0.4) is 0 Å². The monoisotopic (exact) mass is 322 g/mol. The van der Waals surface area contributed by atoms with Crippen LogP contribution < -0.4 is 10.1 Å². The molecular formula is C16H22N2O5. The molecule has 0 aliphatic rings. The molecule has 0 saturated heterocycles. The smallest absolute Gasteiger partial charge is 0.326 e. The highest BCUT2D eigenvalue weighted by molar-refractivity contribution is 5.96. The van der Waals surface area contributed by atoms with E-state index in [0.717, 1.165) is 0 Å². The molecule has 1 aromatic rings. The largest absolute Gasteiger partial charge is 0.494 e. The first-order chi connectivity index (χ1) is 10.9. The van der Waals surface area contributed by atoms with Crippen molar-refractivity contribution in [2.24, 2.45) is 0 Å². The number of carboxylic acid groups (broad SMARTS) is 1. The molecule has 0 radical (unpaired) electrons. The Morgan fingerprint density at radius 1 is 1.26 bits per heavy atom. The van der Waals surface area contributed by atoms with E-state index in [9.17, 15) is 14.4 Å². The Morgan fingerprint density at radius 3 is 2.35 bits per heavy atom. The average Bonchev–Trinajstić information content (AvgIpc) is 2.51. The zero-order valence-electron chi connectivity index (χ0n) is 13.5. The summed E-state index contributed by atoms with van der Waals surface area (Å²) in [6.45, 7) is 5.47. The second kappa shape index (κ2) is 8.77. The summed E-state index contributed by atoms with van der Waals surface area (Å²) in [6.07, 6.45) is 0. The van der Waals surface area contributed by atoms with Crippen molar-refractivity contribution in [3.8, 4) is 5.75 Å². The van der Waals surface area contributed by atoms with Gasteiger partial charge in [0.15, 0.2) is 0 Å². The van der Waals surface area contributed by atoms with Gasteiger partial charge >= 0.3 is 5.97 Å². The number of rotatable bonds is 8. The predicted molar refractivity (Wildman–Crippen MR) is 84.4 cm³/mol. The van der Waals surface area contributed by atoms with E-state index in [1.807, 2.05) is 6.92 Å². The first kappa shape index (κ1) is 18.5. The summed E-state index contributed by atoms with van der Waals surface area (Å²) in [5, 5.41) is 11.7. The maximum absolute atomic E-state index is 12.5. The minimum absolute atomic E-state index is 0.110. The molecule has 0 heterocycles. The lowest BCUT2D eigenvalue weighted by Crippen LogP contribution is -2.46. The van der Waals surface area contributed by atoms with Gasteiger partial charge in [-0.1, -0.05) is 0 Å². The van der Waals surface area contributed by atoms with E-state index in [1.54, 1.807) is 24.3 Å². The summed E-state index contributed by atoms with van der Waals surface area (Å²) in [5.74, 6) is -1.11. The van der Waals surface area contributed by atoms with Gasteiger partial charge in [-0.2, -0.15) is 0 Å². The van der Waals surface area contributed by atoms with Crippen LogP contribution in [-0.4, -0.2) is 53.5 Å². The first-order valence-electron chi connectivity index (χ1n) is 7.37. The lowest BCUT2D eigenvalue weighted by atomic mass is 10.1. The zero-order valence-corrected chi connectivity index (χ0v) is 13.5. The van der Waals surface area contributed by atoms with E-state index >= 15 is 0 Å². The fraction of sp³-hybridized carbons (Fsp3) is 0.438. The number of hydrogen-bond acceptors (Lipinski definition) is 4. The maximum Gasteiger partial charge on any atom is 0.326 e. The molecule has 126 valence electrons. The number of benzene rings is 1. The Morgan fingerprint density at radius 2 is 1.87 bits per heavy atom. The van der Waals surface area contributed by atoms with Crippen molar-refractivity contribution in [1.82, 2.24) is 10.2 Å². The maximum atomic E-state index is 12.5. The van der Waals surface area contributed by atoms with E-state index < -0.39 is 17.9 Å². The van der Waals surface area contributed by atoms with Crippen LogP contribution in [0.15, 0.2) is 24.3 Å². The van der Waals surface area contributed by atoms with Gasteiger partial charge in [0.1, 0.15) is 11.8 Å². The molecule has 0 spiro atoms. The Hall–Kier alpha value is -2.57. The van der Waals surface area contributed by atoms with Gasteiger partial charge in [-0.25, -0.2) is 4.79 Å². The molecule has 1 atom stereocenters. The molecule has 0 aromatic heterocycles. The normalized spacial score (nSPS) is 11.4. The number of nitrogens with one attached hydrogen (secondary N) is 1. The molecule has 2 amide bonds. The molecule has 0 aliphatic carbocycles. The fourth-order valence-electron chi connectivity index (χ4n) is 1.98. The van der Waals surface area contributed by atoms with Crippen molar-refractivity contribution in [2.75, 3.05) is 19.7 Å². The molecule has 0 bridgehead atoms. The van der Waals surface area contributed by atoms with Gasteiger partial charge in [-0.05, 0) is 38.1 Å². The van der Waals surface area contributed by atoms with Crippen LogP contribution in [0.1, 0.15) is 31.1 Å². The number of aliphatic carboxylic acids is 1. The van der Waals surface area contributed by atoms with Crippen molar-refractivity contribution in [1.29, 1.82) is 0 Å². The van der Waals surface area contributed by atoms with Crippen LogP contribution in [0, 0.1) is 0 Å². The van der Waals surface area contributed by atoms with E-state index in [-0.39, 0.29) is 19.0 Å². The quantitative estimate of drug-likeness (QED) is 0.748. The van der Waals surface area contributed by atoms with Crippen molar-refractivity contribution >= 4 is 17.8 Å². The van der Waals surface area contributed by atoms with Gasteiger partial charge < -0.3 is 20.1 Å². The Bertz CT molecular complexity index is 556. The van der Waals surface area contributed by atoms with Crippen LogP contribution in [0.4, 0.5) is 0 Å². The summed E-state index contributed by atoms with van der Waals surface area (Å²) in [7, 11) is 0. The van der Waals surface area contributed by atoms with E-state index in [4.69, 9.17) is 9.84 Å². The van der Waals surface area contributed by atoms with Gasteiger partial charge in [-0.3, -0.25) is 9.59 Å². The Labute approximate surface area is 135 Å². The Kier molecular flexibility index (Phi) is 7.05. The molecule has 1 rings (SSSR count). The number of ether oxygens (including phenoxy) is 1. The highest BCUT2D eigenvalue weighted by atomic mass is 16.5. The van der Waals surface area contributed by atoms with E-state index in [2.05, 4.69) is 5.32 Å². The number of carbonyl (C=O) groups is 3. The fourth-order valence-corrected chi connectivity index (χ4v) is 1.98. The summed E-state index contributed by atoms with van der Waals surface area (Å²) >= 11 is 0. The van der Waals surface area contributed by atoms with Crippen LogP contribution in [0.2, 0.25) is 0 Å². The molecule has 0 saturated carbocycles. The number of carbonyl (C=O) groups excluding carboxylic acids is 2. The second-order valence-electron chi connectivity index (χ2n) is 4.95. The van der Waals surface area contributed by atoms with Gasteiger partial charge in [0, 0.05) is 25.6 Å². The average molecular weight is 322 g/mol. The zero-order chi connectivity index (χ0) is 17.4. The molecule has 7 nitrogen and oxygen atoms in total. The van der Waals surface area contributed by atoms with Gasteiger partial charge in [-0.15, -0.1) is 0 Å². The minimum atomic E-state index is -1.10. The van der Waals surface area contributed by atoms with Crippen molar-refractivity contribution in [3.05, 3.63) is 29.8 Å². The number of nitrogens with zero attached hydrogens (tertiary/aromatic N) is 1. The van der Waals surface area contributed by atoms with E-state index in [0.29, 0.717) is 17.9 Å². The summed E-state index contributed by atoms with van der Waals surface area (Å²) in [4.78, 5) is 35.9. The number of carboxylic acids is 1. The van der Waals surface area contributed by atoms with Crippen LogP contribution in [0.25, 0.3) is 0 Å². The van der Waals surface area contributed by atoms with Crippen LogP contribution in [-0.2, 0) is 9.59 Å². The molecule has 7 heteroatoms. The van der Waals surface area contributed by atoms with Crippen molar-refractivity contribution in [2.45, 2.75) is 26.8 Å². The second-order valence-corrected chi connectivity index (χ2v) is 4.95. The Balaban J connectivity index is 2.88. The highest BCUT2D eigenvalue weighted by Gasteiger charge is 2.26. The van der Waals surface area contributed by atoms with Crippen LogP contribution >= 0.6 is 0 Å². The molecule has 1 aromatic carbocycles. The lowest BCUT2D eigenvalue weighted by Gasteiger charge is -2.26. The van der Waals surface area contributed by atoms with Crippen molar-refractivity contribution in [3.63, 3.8) is 0 Å². The predicted octanol–water partition coefficient (Wildman–Crippen LogP) is 1.14. The third-order valence-corrected chi connectivity index (χ3v) is 3.22. The number of hydrogen-bond donors (Lipinski definition) is 2. The molecule has 2 N–H and O–H groups in total. The highest BCUT2D eigenvalue weighted by Crippen LogP contribution is 2.15. The molecule has 23 heavy (non-hydrogen) atoms. The first-order valence-corrected chi connectivity index (χ1v) is 7.37. The SMILES string of the molecule is CCOc1ccc(C(=O)N(CCNC(C)=O)C(C)C(=O)O)cc1. The number of amides is 2. The molecule has 1 unspecified atom stereocenters. The minimum Gasteiger partial charge on any atom is -0.494 e. The summed E-state index contributed by atoms with van der Waals surface area (Å²) < 4.78 is 5.31. The summed E-state index contributed by atoms with van der Waals surface area (Å²) in [5.41, 5.74) is 0.365. The molecular weight excluding hydrogens is 300 g/mol.